The van der Waals surface area contributed by atoms with E-state index in [2.05, 4.69) is 0 Å². The van der Waals surface area contributed by atoms with Crippen LogP contribution in [-0.4, -0.2) is 10.0 Å². The zero-order valence-corrected chi connectivity index (χ0v) is 10.4. The molecular weight excluding hydrogens is 268 g/mol. The lowest BCUT2D eigenvalue weighted by atomic mass is 10.1. The monoisotopic (exact) mass is 279 g/mol. The lowest BCUT2D eigenvalue weighted by molar-refractivity contribution is 0.246. The average Bonchev–Trinajstić information content (AvgIpc) is 2.76. The molecule has 0 fully saturated rings. The third-order valence-corrected chi connectivity index (χ3v) is 3.28. The van der Waals surface area contributed by atoms with Crippen molar-refractivity contribution in [3.63, 3.8) is 0 Å². The van der Waals surface area contributed by atoms with E-state index in [9.17, 15) is 13.6 Å². The Morgan fingerprint density at radius 3 is 2.30 bits per heavy atom. The number of aromatic hydroxyl groups is 1. The molecule has 0 saturated heterocycles. The van der Waals surface area contributed by atoms with Gasteiger partial charge in [0.05, 0.1) is 6.54 Å². The van der Waals surface area contributed by atoms with Crippen LogP contribution in [0, 0.1) is 11.6 Å². The van der Waals surface area contributed by atoms with E-state index in [0.29, 0.717) is 25.4 Å². The van der Waals surface area contributed by atoms with Crippen LogP contribution < -0.4 is 5.43 Å². The molecule has 0 spiro atoms. The molecule has 1 aliphatic rings. The SMILES string of the molecule is O=c1cc(CN2Cc3cc(F)c(F)cc3C2)occ1O. The van der Waals surface area contributed by atoms with Gasteiger partial charge >= 0.3 is 0 Å². The molecular formula is C14H11F2NO3. The summed E-state index contributed by atoms with van der Waals surface area (Å²) in [4.78, 5) is 13.2. The lowest BCUT2D eigenvalue weighted by Crippen LogP contribution is -2.16. The highest BCUT2D eigenvalue weighted by Crippen LogP contribution is 2.26. The standard InChI is InChI=1S/C14H11F2NO3/c15-11-1-8-4-17(5-9(8)2-12(11)16)6-10-3-13(18)14(19)7-20-10/h1-3,7,19H,4-6H2. The smallest absolute Gasteiger partial charge is 0.226 e. The normalized spacial score (nSPS) is 14.5. The molecule has 20 heavy (non-hydrogen) atoms. The van der Waals surface area contributed by atoms with E-state index in [1.165, 1.54) is 18.2 Å². The van der Waals surface area contributed by atoms with Gasteiger partial charge in [-0.2, -0.15) is 0 Å². The van der Waals surface area contributed by atoms with E-state index in [0.717, 1.165) is 17.4 Å². The van der Waals surface area contributed by atoms with E-state index >= 15 is 0 Å². The molecule has 1 aromatic heterocycles. The lowest BCUT2D eigenvalue weighted by Gasteiger charge is -2.13. The first-order valence-electron chi connectivity index (χ1n) is 6.03. The molecule has 1 aliphatic heterocycles. The van der Waals surface area contributed by atoms with Crippen molar-refractivity contribution in [3.8, 4) is 5.75 Å². The van der Waals surface area contributed by atoms with Crippen molar-refractivity contribution < 1.29 is 18.3 Å². The topological polar surface area (TPSA) is 53.7 Å². The maximum atomic E-state index is 13.1. The second-order valence-electron chi connectivity index (χ2n) is 4.78. The number of nitrogens with zero attached hydrogens (tertiary/aromatic N) is 1. The fourth-order valence-corrected chi connectivity index (χ4v) is 2.32. The minimum atomic E-state index is -0.859. The van der Waals surface area contributed by atoms with Gasteiger partial charge in [-0.25, -0.2) is 8.78 Å². The summed E-state index contributed by atoms with van der Waals surface area (Å²) in [5.41, 5.74) is 0.940. The fourth-order valence-electron chi connectivity index (χ4n) is 2.32. The summed E-state index contributed by atoms with van der Waals surface area (Å²) in [5, 5.41) is 9.10. The van der Waals surface area contributed by atoms with Crippen molar-refractivity contribution in [3.05, 3.63) is 63.2 Å². The van der Waals surface area contributed by atoms with Gasteiger partial charge in [0.2, 0.25) is 5.43 Å². The highest BCUT2D eigenvalue weighted by Gasteiger charge is 2.22. The van der Waals surface area contributed by atoms with Crippen LogP contribution in [0.4, 0.5) is 8.78 Å². The van der Waals surface area contributed by atoms with Gasteiger partial charge in [-0.3, -0.25) is 9.69 Å². The number of hydrogen-bond acceptors (Lipinski definition) is 4. The maximum absolute atomic E-state index is 13.1. The largest absolute Gasteiger partial charge is 0.502 e. The van der Waals surface area contributed by atoms with Gasteiger partial charge in [-0.05, 0) is 23.3 Å². The van der Waals surface area contributed by atoms with Crippen LogP contribution in [0.1, 0.15) is 16.9 Å². The third-order valence-electron chi connectivity index (χ3n) is 3.28. The molecule has 6 heteroatoms. The van der Waals surface area contributed by atoms with Crippen LogP contribution in [0.25, 0.3) is 0 Å². The first kappa shape index (κ1) is 12.8. The second kappa shape index (κ2) is 4.72. The van der Waals surface area contributed by atoms with Gasteiger partial charge in [0.25, 0.3) is 0 Å². The minimum Gasteiger partial charge on any atom is -0.502 e. The molecule has 0 aliphatic carbocycles. The Morgan fingerprint density at radius 2 is 1.75 bits per heavy atom. The molecule has 0 unspecified atom stereocenters. The van der Waals surface area contributed by atoms with Gasteiger partial charge in [0.1, 0.15) is 12.0 Å². The van der Waals surface area contributed by atoms with Crippen molar-refractivity contribution in [2.75, 3.05) is 0 Å². The third kappa shape index (κ3) is 2.30. The molecule has 0 saturated carbocycles. The predicted octanol–water partition coefficient (Wildman–Crippen LogP) is 2.14. The first-order chi connectivity index (χ1) is 9.52. The maximum Gasteiger partial charge on any atom is 0.226 e. The Bertz CT molecular complexity index is 696. The van der Waals surface area contributed by atoms with Gasteiger partial charge in [0.15, 0.2) is 17.4 Å². The quantitative estimate of drug-likeness (QED) is 0.915. The van der Waals surface area contributed by atoms with Crippen molar-refractivity contribution >= 4 is 0 Å². The van der Waals surface area contributed by atoms with Crippen LogP contribution in [0.5, 0.6) is 5.75 Å². The van der Waals surface area contributed by atoms with Gasteiger partial charge in [-0.15, -0.1) is 0 Å². The van der Waals surface area contributed by atoms with E-state index < -0.39 is 22.8 Å². The second-order valence-corrected chi connectivity index (χ2v) is 4.78. The molecule has 2 aromatic rings. The Morgan fingerprint density at radius 1 is 1.15 bits per heavy atom. The van der Waals surface area contributed by atoms with Gasteiger partial charge < -0.3 is 9.52 Å². The fraction of sp³-hybridized carbons (Fsp3) is 0.214. The number of halogens is 2. The van der Waals surface area contributed by atoms with Crippen LogP contribution in [0.2, 0.25) is 0 Å². The zero-order valence-electron chi connectivity index (χ0n) is 10.4. The minimum absolute atomic E-state index is 0.327. The van der Waals surface area contributed by atoms with Crippen molar-refractivity contribution in [1.29, 1.82) is 0 Å². The predicted molar refractivity (Wildman–Crippen MR) is 66.0 cm³/mol. The summed E-state index contributed by atoms with van der Waals surface area (Å²) in [7, 11) is 0. The summed E-state index contributed by atoms with van der Waals surface area (Å²) in [5.74, 6) is -1.77. The molecule has 0 atom stereocenters. The summed E-state index contributed by atoms with van der Waals surface area (Å²) in [6.45, 7) is 1.24. The highest BCUT2D eigenvalue weighted by molar-refractivity contribution is 5.32. The summed E-state index contributed by atoms with van der Waals surface area (Å²) in [6, 6.07) is 3.59. The summed E-state index contributed by atoms with van der Waals surface area (Å²) >= 11 is 0. The molecule has 1 N–H and O–H groups in total. The molecule has 1 aromatic carbocycles. The summed E-state index contributed by atoms with van der Waals surface area (Å²) in [6.07, 6.45) is 0.986. The van der Waals surface area contributed by atoms with Crippen molar-refractivity contribution in [2.45, 2.75) is 19.6 Å². The van der Waals surface area contributed by atoms with Crippen LogP contribution in [0.15, 0.2) is 33.7 Å². The molecule has 104 valence electrons. The zero-order chi connectivity index (χ0) is 14.3. The number of benzene rings is 1. The van der Waals surface area contributed by atoms with E-state index in [1.54, 1.807) is 0 Å². The molecule has 0 radical (unpaired) electrons. The van der Waals surface area contributed by atoms with Crippen molar-refractivity contribution in [1.82, 2.24) is 4.90 Å². The number of fused-ring (bicyclic) bond motifs is 1. The molecule has 2 heterocycles. The average molecular weight is 279 g/mol. The van der Waals surface area contributed by atoms with E-state index in [4.69, 9.17) is 9.52 Å². The Kier molecular flexibility index (Phi) is 3.02. The van der Waals surface area contributed by atoms with Crippen molar-refractivity contribution in [2.24, 2.45) is 0 Å². The van der Waals surface area contributed by atoms with Gasteiger partial charge in [-0.1, -0.05) is 0 Å². The van der Waals surface area contributed by atoms with Crippen LogP contribution in [-0.2, 0) is 19.6 Å². The molecule has 0 amide bonds. The summed E-state index contributed by atoms with van der Waals surface area (Å²) < 4.78 is 31.4. The number of hydrogen-bond donors (Lipinski definition) is 1. The van der Waals surface area contributed by atoms with Crippen LogP contribution >= 0.6 is 0 Å². The van der Waals surface area contributed by atoms with Gasteiger partial charge in [0, 0.05) is 19.2 Å². The first-order valence-corrected chi connectivity index (χ1v) is 6.03. The molecule has 0 bridgehead atoms. The van der Waals surface area contributed by atoms with E-state index in [1.807, 2.05) is 4.90 Å². The Labute approximate surface area is 112 Å². The van der Waals surface area contributed by atoms with Crippen LogP contribution in [0.3, 0.4) is 0 Å². The number of rotatable bonds is 2. The molecule has 3 rings (SSSR count). The Hall–Kier alpha value is -2.21. The Balaban J connectivity index is 1.78. The highest BCUT2D eigenvalue weighted by atomic mass is 19.2. The molecule has 4 nitrogen and oxygen atoms in total. The van der Waals surface area contributed by atoms with E-state index in [-0.39, 0.29) is 0 Å².